The molecule has 0 aromatic heterocycles. The van der Waals surface area contributed by atoms with Crippen LogP contribution in [0.15, 0.2) is 66.4 Å². The summed E-state index contributed by atoms with van der Waals surface area (Å²) in [5, 5.41) is 3.45. The number of hydrogen-bond acceptors (Lipinski definition) is 2. The number of benzene rings is 2. The standard InChI is InChI=1S/C21H23NO/c1-16-7-9-18(10-8-16)19-13-20(15-21(23)14-19)22-12-11-17-5-3-2-4-6-17/h2-10,15,19,22H,11-14H2,1H3/t19-/m0/s1. The van der Waals surface area contributed by atoms with E-state index in [1.54, 1.807) is 6.08 Å². The van der Waals surface area contributed by atoms with Gasteiger partial charge >= 0.3 is 0 Å². The number of allylic oxidation sites excluding steroid dienone is 2. The van der Waals surface area contributed by atoms with Crippen LogP contribution in [0.4, 0.5) is 0 Å². The molecule has 0 aliphatic heterocycles. The highest BCUT2D eigenvalue weighted by Gasteiger charge is 2.21. The first kappa shape index (κ1) is 15.5. The van der Waals surface area contributed by atoms with E-state index in [-0.39, 0.29) is 5.78 Å². The fourth-order valence-corrected chi connectivity index (χ4v) is 3.10. The molecule has 0 heterocycles. The third-order valence-corrected chi connectivity index (χ3v) is 4.41. The Bertz CT molecular complexity index is 686. The summed E-state index contributed by atoms with van der Waals surface area (Å²) in [6, 6.07) is 19.0. The fourth-order valence-electron chi connectivity index (χ4n) is 3.10. The molecule has 0 saturated heterocycles. The van der Waals surface area contributed by atoms with Crippen molar-refractivity contribution in [1.82, 2.24) is 5.32 Å². The van der Waals surface area contributed by atoms with Crippen molar-refractivity contribution in [2.75, 3.05) is 6.54 Å². The van der Waals surface area contributed by atoms with Gasteiger partial charge in [0.05, 0.1) is 0 Å². The van der Waals surface area contributed by atoms with Gasteiger partial charge in [0, 0.05) is 24.7 Å². The van der Waals surface area contributed by atoms with Crippen molar-refractivity contribution in [1.29, 1.82) is 0 Å². The van der Waals surface area contributed by atoms with Gasteiger partial charge in [-0.3, -0.25) is 4.79 Å². The maximum atomic E-state index is 12.0. The summed E-state index contributed by atoms with van der Waals surface area (Å²) in [6.45, 7) is 2.95. The van der Waals surface area contributed by atoms with Gasteiger partial charge in [-0.25, -0.2) is 0 Å². The maximum Gasteiger partial charge on any atom is 0.158 e. The van der Waals surface area contributed by atoms with Gasteiger partial charge in [0.25, 0.3) is 0 Å². The second-order valence-corrected chi connectivity index (χ2v) is 6.31. The lowest BCUT2D eigenvalue weighted by atomic mass is 9.85. The van der Waals surface area contributed by atoms with Crippen LogP contribution < -0.4 is 5.32 Å². The molecule has 0 radical (unpaired) electrons. The highest BCUT2D eigenvalue weighted by molar-refractivity contribution is 5.91. The summed E-state index contributed by atoms with van der Waals surface area (Å²) in [5.41, 5.74) is 4.91. The van der Waals surface area contributed by atoms with Crippen molar-refractivity contribution in [2.24, 2.45) is 0 Å². The largest absolute Gasteiger partial charge is 0.388 e. The predicted octanol–water partition coefficient (Wildman–Crippen LogP) is 4.16. The lowest BCUT2D eigenvalue weighted by molar-refractivity contribution is -0.115. The van der Waals surface area contributed by atoms with E-state index < -0.39 is 0 Å². The Morgan fingerprint density at radius 3 is 2.48 bits per heavy atom. The van der Waals surface area contributed by atoms with E-state index in [4.69, 9.17) is 0 Å². The molecule has 2 heteroatoms. The molecular formula is C21H23NO. The van der Waals surface area contributed by atoms with Gasteiger partial charge in [-0.05, 0) is 36.8 Å². The molecule has 1 N–H and O–H groups in total. The van der Waals surface area contributed by atoms with Crippen molar-refractivity contribution in [2.45, 2.75) is 32.1 Å². The second-order valence-electron chi connectivity index (χ2n) is 6.31. The van der Waals surface area contributed by atoms with Crippen LogP contribution in [0.1, 0.15) is 35.4 Å². The van der Waals surface area contributed by atoms with Crippen molar-refractivity contribution in [3.63, 3.8) is 0 Å². The Labute approximate surface area is 138 Å². The average molecular weight is 305 g/mol. The number of aryl methyl sites for hydroxylation is 1. The SMILES string of the molecule is Cc1ccc([C@@H]2CC(=O)C=C(NCCc3ccccc3)C2)cc1. The second kappa shape index (κ2) is 7.28. The highest BCUT2D eigenvalue weighted by Crippen LogP contribution is 2.30. The molecule has 23 heavy (non-hydrogen) atoms. The van der Waals surface area contributed by atoms with E-state index in [1.165, 1.54) is 16.7 Å². The Morgan fingerprint density at radius 2 is 1.74 bits per heavy atom. The van der Waals surface area contributed by atoms with E-state index in [1.807, 2.05) is 6.07 Å². The molecule has 2 aromatic carbocycles. The topological polar surface area (TPSA) is 29.1 Å². The predicted molar refractivity (Wildman–Crippen MR) is 94.4 cm³/mol. The number of ketones is 1. The number of carbonyl (C=O) groups is 1. The molecular weight excluding hydrogens is 282 g/mol. The van der Waals surface area contributed by atoms with Gasteiger partial charge in [0.1, 0.15) is 0 Å². The summed E-state index contributed by atoms with van der Waals surface area (Å²) in [5.74, 6) is 0.524. The molecule has 1 atom stereocenters. The van der Waals surface area contributed by atoms with Gasteiger partial charge in [-0.2, -0.15) is 0 Å². The van der Waals surface area contributed by atoms with E-state index >= 15 is 0 Å². The van der Waals surface area contributed by atoms with Gasteiger partial charge in [0.2, 0.25) is 0 Å². The molecule has 0 fully saturated rings. The quantitative estimate of drug-likeness (QED) is 0.899. The van der Waals surface area contributed by atoms with Crippen LogP contribution in [0.3, 0.4) is 0 Å². The van der Waals surface area contributed by atoms with E-state index in [9.17, 15) is 4.79 Å². The van der Waals surface area contributed by atoms with E-state index in [2.05, 4.69) is 60.8 Å². The Hall–Kier alpha value is -2.35. The first-order valence-electron chi connectivity index (χ1n) is 8.28. The van der Waals surface area contributed by atoms with Crippen molar-refractivity contribution in [3.05, 3.63) is 83.1 Å². The van der Waals surface area contributed by atoms with Crippen LogP contribution in [0.25, 0.3) is 0 Å². The molecule has 1 aliphatic rings. The number of carbonyl (C=O) groups excluding carboxylic acids is 1. The first-order chi connectivity index (χ1) is 11.2. The summed E-state index contributed by atoms with van der Waals surface area (Å²) < 4.78 is 0. The van der Waals surface area contributed by atoms with Crippen LogP contribution in [0.2, 0.25) is 0 Å². The van der Waals surface area contributed by atoms with Gasteiger partial charge in [0.15, 0.2) is 5.78 Å². The minimum absolute atomic E-state index is 0.226. The van der Waals surface area contributed by atoms with E-state index in [0.29, 0.717) is 12.3 Å². The van der Waals surface area contributed by atoms with Crippen LogP contribution in [-0.4, -0.2) is 12.3 Å². The zero-order valence-corrected chi connectivity index (χ0v) is 13.6. The third-order valence-electron chi connectivity index (χ3n) is 4.41. The molecule has 3 rings (SSSR count). The molecule has 2 aromatic rings. The average Bonchev–Trinajstić information content (AvgIpc) is 2.56. The monoisotopic (exact) mass is 305 g/mol. The Morgan fingerprint density at radius 1 is 1.00 bits per heavy atom. The van der Waals surface area contributed by atoms with Crippen LogP contribution in [0.5, 0.6) is 0 Å². The molecule has 2 nitrogen and oxygen atoms in total. The summed E-state index contributed by atoms with van der Waals surface area (Å²) in [4.78, 5) is 12.0. The van der Waals surface area contributed by atoms with Gasteiger partial charge < -0.3 is 5.32 Å². The summed E-state index contributed by atoms with van der Waals surface area (Å²) in [6.07, 6.45) is 4.30. The summed E-state index contributed by atoms with van der Waals surface area (Å²) >= 11 is 0. The molecule has 0 unspecified atom stereocenters. The Balaban J connectivity index is 1.59. The molecule has 0 saturated carbocycles. The van der Waals surface area contributed by atoms with E-state index in [0.717, 1.165) is 25.1 Å². The van der Waals surface area contributed by atoms with Crippen molar-refractivity contribution in [3.8, 4) is 0 Å². The van der Waals surface area contributed by atoms with Crippen LogP contribution in [0, 0.1) is 6.92 Å². The zero-order chi connectivity index (χ0) is 16.1. The molecule has 0 bridgehead atoms. The first-order valence-corrected chi connectivity index (χ1v) is 8.28. The normalized spacial score (nSPS) is 17.7. The number of hydrogen-bond donors (Lipinski definition) is 1. The van der Waals surface area contributed by atoms with Gasteiger partial charge in [-0.15, -0.1) is 0 Å². The molecule has 0 amide bonds. The highest BCUT2D eigenvalue weighted by atomic mass is 16.1. The minimum atomic E-state index is 0.226. The zero-order valence-electron chi connectivity index (χ0n) is 13.6. The van der Waals surface area contributed by atoms with Crippen LogP contribution >= 0.6 is 0 Å². The molecule has 1 aliphatic carbocycles. The smallest absolute Gasteiger partial charge is 0.158 e. The van der Waals surface area contributed by atoms with Crippen molar-refractivity contribution < 1.29 is 4.79 Å². The lowest BCUT2D eigenvalue weighted by Crippen LogP contribution is -2.23. The fraction of sp³-hybridized carbons (Fsp3) is 0.286. The number of nitrogens with one attached hydrogen (secondary N) is 1. The third kappa shape index (κ3) is 4.32. The number of rotatable bonds is 5. The maximum absolute atomic E-state index is 12.0. The Kier molecular flexibility index (Phi) is 4.92. The molecule has 0 spiro atoms. The van der Waals surface area contributed by atoms with Crippen LogP contribution in [-0.2, 0) is 11.2 Å². The summed E-state index contributed by atoms with van der Waals surface area (Å²) in [7, 11) is 0. The van der Waals surface area contributed by atoms with Gasteiger partial charge in [-0.1, -0.05) is 60.2 Å². The minimum Gasteiger partial charge on any atom is -0.388 e. The van der Waals surface area contributed by atoms with Crippen molar-refractivity contribution >= 4 is 5.78 Å². The lowest BCUT2D eigenvalue weighted by Gasteiger charge is -2.23. The molecule has 118 valence electrons.